The summed E-state index contributed by atoms with van der Waals surface area (Å²) in [5.41, 5.74) is 0. The Hall–Kier alpha value is -2.16. The van der Waals surface area contributed by atoms with E-state index in [1.165, 1.54) is 18.0 Å². The first kappa shape index (κ1) is 17.9. The molecule has 0 aromatic carbocycles. The Morgan fingerprint density at radius 1 is 1.36 bits per heavy atom. The van der Waals surface area contributed by atoms with Gasteiger partial charge in [0.2, 0.25) is 5.91 Å². The summed E-state index contributed by atoms with van der Waals surface area (Å²) in [7, 11) is 1.26. The van der Waals surface area contributed by atoms with E-state index in [4.69, 9.17) is 0 Å². The molecule has 0 fully saturated rings. The number of ether oxygens (including phenoxy) is 1. The third-order valence-electron chi connectivity index (χ3n) is 3.13. The lowest BCUT2D eigenvalue weighted by atomic mass is 10.3. The second kappa shape index (κ2) is 9.72. The SMILES string of the molecule is CCN(CC)CCCNC(=O)Cn1cc(NC(=O)OC)nn1. The van der Waals surface area contributed by atoms with Crippen LogP contribution in [0.5, 0.6) is 0 Å². The van der Waals surface area contributed by atoms with Crippen LogP contribution in [0.4, 0.5) is 10.6 Å². The molecule has 0 aliphatic carbocycles. The molecule has 1 rings (SSSR count). The molecule has 1 heterocycles. The van der Waals surface area contributed by atoms with Crippen LogP contribution < -0.4 is 10.6 Å². The van der Waals surface area contributed by atoms with Crippen molar-refractivity contribution >= 4 is 17.8 Å². The fraction of sp³-hybridized carbons (Fsp3) is 0.692. The minimum atomic E-state index is -0.632. The fourth-order valence-electron chi connectivity index (χ4n) is 1.86. The predicted molar refractivity (Wildman–Crippen MR) is 81.5 cm³/mol. The van der Waals surface area contributed by atoms with E-state index in [9.17, 15) is 9.59 Å². The first-order chi connectivity index (χ1) is 10.6. The van der Waals surface area contributed by atoms with Crippen LogP contribution in [0.15, 0.2) is 6.20 Å². The van der Waals surface area contributed by atoms with E-state index in [-0.39, 0.29) is 18.3 Å². The van der Waals surface area contributed by atoms with E-state index >= 15 is 0 Å². The third kappa shape index (κ3) is 6.53. The van der Waals surface area contributed by atoms with Crippen molar-refractivity contribution in [3.8, 4) is 0 Å². The number of amides is 2. The summed E-state index contributed by atoms with van der Waals surface area (Å²) >= 11 is 0. The van der Waals surface area contributed by atoms with Gasteiger partial charge in [0.1, 0.15) is 6.54 Å². The normalized spacial score (nSPS) is 10.5. The zero-order valence-electron chi connectivity index (χ0n) is 13.3. The number of aromatic nitrogens is 3. The maximum atomic E-state index is 11.8. The minimum Gasteiger partial charge on any atom is -0.453 e. The molecule has 9 heteroatoms. The van der Waals surface area contributed by atoms with E-state index in [0.29, 0.717) is 6.54 Å². The summed E-state index contributed by atoms with van der Waals surface area (Å²) in [5.74, 6) is 0.0928. The van der Waals surface area contributed by atoms with Crippen molar-refractivity contribution in [1.82, 2.24) is 25.2 Å². The number of methoxy groups -OCH3 is 1. The first-order valence-electron chi connectivity index (χ1n) is 7.33. The van der Waals surface area contributed by atoms with Gasteiger partial charge in [0.05, 0.1) is 13.3 Å². The second-order valence-corrected chi connectivity index (χ2v) is 4.65. The van der Waals surface area contributed by atoms with Crippen molar-refractivity contribution in [3.05, 3.63) is 6.20 Å². The van der Waals surface area contributed by atoms with Gasteiger partial charge in [-0.3, -0.25) is 10.1 Å². The van der Waals surface area contributed by atoms with Crippen LogP contribution in [-0.2, 0) is 16.1 Å². The highest BCUT2D eigenvalue weighted by molar-refractivity contribution is 5.82. The van der Waals surface area contributed by atoms with Crippen LogP contribution in [0.1, 0.15) is 20.3 Å². The molecule has 0 spiro atoms. The Balaban J connectivity index is 2.26. The molecular formula is C13H24N6O3. The maximum absolute atomic E-state index is 11.8. The quantitative estimate of drug-likeness (QED) is 0.636. The fourth-order valence-corrected chi connectivity index (χ4v) is 1.86. The molecule has 2 amide bonds. The van der Waals surface area contributed by atoms with Gasteiger partial charge in [0.15, 0.2) is 5.82 Å². The van der Waals surface area contributed by atoms with Crippen molar-refractivity contribution in [3.63, 3.8) is 0 Å². The lowest BCUT2D eigenvalue weighted by Gasteiger charge is -2.17. The number of nitrogens with zero attached hydrogens (tertiary/aromatic N) is 4. The molecule has 0 radical (unpaired) electrons. The maximum Gasteiger partial charge on any atom is 0.412 e. The van der Waals surface area contributed by atoms with Gasteiger partial charge in [0.25, 0.3) is 0 Å². The highest BCUT2D eigenvalue weighted by atomic mass is 16.5. The van der Waals surface area contributed by atoms with Gasteiger partial charge in [0, 0.05) is 6.54 Å². The number of carbonyl (C=O) groups excluding carboxylic acids is 2. The molecule has 0 aliphatic heterocycles. The molecule has 2 N–H and O–H groups in total. The van der Waals surface area contributed by atoms with E-state index in [1.807, 2.05) is 0 Å². The molecular weight excluding hydrogens is 288 g/mol. The van der Waals surface area contributed by atoms with Gasteiger partial charge in [-0.05, 0) is 26.1 Å². The molecule has 0 saturated heterocycles. The van der Waals surface area contributed by atoms with Crippen molar-refractivity contribution in [2.75, 3.05) is 38.6 Å². The van der Waals surface area contributed by atoms with Gasteiger partial charge in [-0.1, -0.05) is 19.1 Å². The Bertz CT molecular complexity index is 472. The van der Waals surface area contributed by atoms with Crippen molar-refractivity contribution in [2.24, 2.45) is 0 Å². The third-order valence-corrected chi connectivity index (χ3v) is 3.13. The Labute approximate surface area is 130 Å². The number of rotatable bonds is 9. The largest absolute Gasteiger partial charge is 0.453 e. The highest BCUT2D eigenvalue weighted by Gasteiger charge is 2.08. The number of hydrogen-bond acceptors (Lipinski definition) is 6. The van der Waals surface area contributed by atoms with E-state index in [0.717, 1.165) is 26.1 Å². The van der Waals surface area contributed by atoms with Gasteiger partial charge < -0.3 is 15.0 Å². The van der Waals surface area contributed by atoms with E-state index in [1.54, 1.807) is 0 Å². The average Bonchev–Trinajstić information content (AvgIpc) is 2.94. The molecule has 22 heavy (non-hydrogen) atoms. The van der Waals surface area contributed by atoms with Gasteiger partial charge in [-0.25, -0.2) is 9.48 Å². The molecule has 0 saturated carbocycles. The zero-order valence-corrected chi connectivity index (χ0v) is 13.3. The lowest BCUT2D eigenvalue weighted by Crippen LogP contribution is -2.31. The van der Waals surface area contributed by atoms with Gasteiger partial charge >= 0.3 is 6.09 Å². The van der Waals surface area contributed by atoms with Gasteiger partial charge in [-0.15, -0.1) is 5.10 Å². The van der Waals surface area contributed by atoms with Crippen molar-refractivity contribution < 1.29 is 14.3 Å². The summed E-state index contributed by atoms with van der Waals surface area (Å²) in [6.07, 6.45) is 1.74. The zero-order chi connectivity index (χ0) is 16.4. The van der Waals surface area contributed by atoms with Crippen LogP contribution in [0, 0.1) is 0 Å². The molecule has 0 aliphatic rings. The Morgan fingerprint density at radius 3 is 2.73 bits per heavy atom. The number of nitrogens with one attached hydrogen (secondary N) is 2. The molecule has 1 aromatic rings. The molecule has 0 unspecified atom stereocenters. The first-order valence-corrected chi connectivity index (χ1v) is 7.33. The summed E-state index contributed by atoms with van der Waals surface area (Å²) in [5, 5.41) is 12.7. The second-order valence-electron chi connectivity index (χ2n) is 4.65. The molecule has 124 valence electrons. The molecule has 1 aromatic heterocycles. The Morgan fingerprint density at radius 2 is 2.09 bits per heavy atom. The van der Waals surface area contributed by atoms with Crippen LogP contribution in [0.3, 0.4) is 0 Å². The van der Waals surface area contributed by atoms with E-state index < -0.39 is 6.09 Å². The van der Waals surface area contributed by atoms with Crippen LogP contribution in [-0.4, -0.2) is 65.2 Å². The van der Waals surface area contributed by atoms with Crippen molar-refractivity contribution in [1.29, 1.82) is 0 Å². The van der Waals surface area contributed by atoms with Crippen LogP contribution in [0.2, 0.25) is 0 Å². The number of anilines is 1. The standard InChI is InChI=1S/C13H24N6O3/c1-4-18(5-2)8-6-7-14-12(20)10-19-9-11(16-17-19)15-13(21)22-3/h9H,4-8,10H2,1-3H3,(H,14,20)(H,15,21). The lowest BCUT2D eigenvalue weighted by molar-refractivity contribution is -0.121. The Kier molecular flexibility index (Phi) is 7.90. The molecule has 0 atom stereocenters. The van der Waals surface area contributed by atoms with Crippen molar-refractivity contribution in [2.45, 2.75) is 26.8 Å². The predicted octanol–water partition coefficient (Wildman–Crippen LogP) is 0.305. The summed E-state index contributed by atoms with van der Waals surface area (Å²) in [6.45, 7) is 7.90. The molecule has 0 bridgehead atoms. The van der Waals surface area contributed by atoms with Crippen LogP contribution in [0.25, 0.3) is 0 Å². The van der Waals surface area contributed by atoms with Crippen LogP contribution >= 0.6 is 0 Å². The minimum absolute atomic E-state index is 0.0567. The van der Waals surface area contributed by atoms with E-state index in [2.05, 4.69) is 44.4 Å². The highest BCUT2D eigenvalue weighted by Crippen LogP contribution is 2.00. The average molecular weight is 312 g/mol. The monoisotopic (exact) mass is 312 g/mol. The summed E-state index contributed by atoms with van der Waals surface area (Å²) in [6, 6.07) is 0. The molecule has 9 nitrogen and oxygen atoms in total. The number of hydrogen-bond donors (Lipinski definition) is 2. The smallest absolute Gasteiger partial charge is 0.412 e. The summed E-state index contributed by atoms with van der Waals surface area (Å²) < 4.78 is 5.79. The summed E-state index contributed by atoms with van der Waals surface area (Å²) in [4.78, 5) is 25.1. The number of carbonyl (C=O) groups is 2. The topological polar surface area (TPSA) is 101 Å². The van der Waals surface area contributed by atoms with Gasteiger partial charge in [-0.2, -0.15) is 0 Å².